The highest BCUT2D eigenvalue weighted by molar-refractivity contribution is 5.78. The van der Waals surface area contributed by atoms with Gasteiger partial charge in [0.05, 0.1) is 6.61 Å². The van der Waals surface area contributed by atoms with Crippen molar-refractivity contribution < 1.29 is 22.7 Å². The lowest BCUT2D eigenvalue weighted by Gasteiger charge is -2.28. The zero-order chi connectivity index (χ0) is 13.2. The molecule has 1 atom stereocenters. The van der Waals surface area contributed by atoms with Crippen LogP contribution in [0.3, 0.4) is 0 Å². The number of carbonyl (C=O) groups is 1. The summed E-state index contributed by atoms with van der Waals surface area (Å²) in [5, 5.41) is 2.61. The standard InChI is InChI=1S/C12H18F3NO2/c13-12(14,15)11(5-6-16-8-11)10(17)18-7-9-3-1-2-4-9/h9,16H,1-8H2. The topological polar surface area (TPSA) is 38.3 Å². The second kappa shape index (κ2) is 5.07. The predicted molar refractivity (Wildman–Crippen MR) is 58.9 cm³/mol. The number of carbonyl (C=O) groups excluding carboxylic acids is 1. The number of hydrogen-bond acceptors (Lipinski definition) is 3. The highest BCUT2D eigenvalue weighted by atomic mass is 19.4. The zero-order valence-corrected chi connectivity index (χ0v) is 10.2. The fourth-order valence-electron chi connectivity index (χ4n) is 2.73. The predicted octanol–water partition coefficient (Wildman–Crippen LogP) is 2.26. The van der Waals surface area contributed by atoms with E-state index in [0.29, 0.717) is 0 Å². The molecule has 18 heavy (non-hydrogen) atoms. The Balaban J connectivity index is 1.96. The number of nitrogens with one attached hydrogen (secondary N) is 1. The molecule has 3 nitrogen and oxygen atoms in total. The van der Waals surface area contributed by atoms with Crippen molar-refractivity contribution in [1.82, 2.24) is 5.32 Å². The second-order valence-electron chi connectivity index (χ2n) is 5.26. The van der Waals surface area contributed by atoms with Crippen molar-refractivity contribution in [2.45, 2.75) is 38.3 Å². The molecular formula is C12H18F3NO2. The number of alkyl halides is 3. The molecule has 1 saturated heterocycles. The monoisotopic (exact) mass is 265 g/mol. The van der Waals surface area contributed by atoms with E-state index in [9.17, 15) is 18.0 Å². The Kier molecular flexibility index (Phi) is 3.84. The van der Waals surface area contributed by atoms with Crippen LogP contribution in [0.2, 0.25) is 0 Å². The summed E-state index contributed by atoms with van der Waals surface area (Å²) in [6.07, 6.45) is -0.708. The van der Waals surface area contributed by atoms with Gasteiger partial charge in [0.1, 0.15) is 0 Å². The van der Waals surface area contributed by atoms with E-state index < -0.39 is 17.6 Å². The zero-order valence-electron chi connectivity index (χ0n) is 10.2. The number of ether oxygens (including phenoxy) is 1. The molecule has 0 aromatic rings. The molecule has 0 amide bonds. The van der Waals surface area contributed by atoms with Crippen LogP contribution in [-0.2, 0) is 9.53 Å². The van der Waals surface area contributed by atoms with Crippen LogP contribution < -0.4 is 5.32 Å². The summed E-state index contributed by atoms with van der Waals surface area (Å²) in [5.41, 5.74) is -2.33. The third-order valence-electron chi connectivity index (χ3n) is 4.01. The van der Waals surface area contributed by atoms with Gasteiger partial charge in [-0.15, -0.1) is 0 Å². The van der Waals surface area contributed by atoms with Gasteiger partial charge in [-0.2, -0.15) is 13.2 Å². The Bertz CT molecular complexity index is 305. The summed E-state index contributed by atoms with van der Waals surface area (Å²) in [6, 6.07) is 0. The van der Waals surface area contributed by atoms with E-state index in [1.54, 1.807) is 0 Å². The quantitative estimate of drug-likeness (QED) is 0.795. The molecule has 6 heteroatoms. The van der Waals surface area contributed by atoms with Crippen LogP contribution in [0.15, 0.2) is 0 Å². The van der Waals surface area contributed by atoms with Crippen LogP contribution in [-0.4, -0.2) is 31.8 Å². The Morgan fingerprint density at radius 1 is 1.33 bits per heavy atom. The number of hydrogen-bond donors (Lipinski definition) is 1. The molecule has 2 fully saturated rings. The molecule has 1 saturated carbocycles. The van der Waals surface area contributed by atoms with Gasteiger partial charge in [0, 0.05) is 6.54 Å². The Morgan fingerprint density at radius 3 is 2.50 bits per heavy atom. The Labute approximate surface area is 104 Å². The summed E-state index contributed by atoms with van der Waals surface area (Å²) in [6.45, 7) is -0.0191. The molecule has 1 heterocycles. The van der Waals surface area contributed by atoms with E-state index in [-0.39, 0.29) is 32.0 Å². The van der Waals surface area contributed by atoms with Crippen LogP contribution in [0.4, 0.5) is 13.2 Å². The van der Waals surface area contributed by atoms with E-state index >= 15 is 0 Å². The summed E-state index contributed by atoms with van der Waals surface area (Å²) < 4.78 is 44.0. The van der Waals surface area contributed by atoms with Crippen molar-refractivity contribution in [1.29, 1.82) is 0 Å². The lowest BCUT2D eigenvalue weighted by Crippen LogP contribution is -2.48. The lowest BCUT2D eigenvalue weighted by atomic mass is 9.86. The maximum Gasteiger partial charge on any atom is 0.406 e. The van der Waals surface area contributed by atoms with Crippen molar-refractivity contribution in [2.75, 3.05) is 19.7 Å². The van der Waals surface area contributed by atoms with Gasteiger partial charge in [0.25, 0.3) is 0 Å². The van der Waals surface area contributed by atoms with Crippen molar-refractivity contribution in [2.24, 2.45) is 11.3 Å². The molecule has 0 aromatic carbocycles. The van der Waals surface area contributed by atoms with E-state index in [1.807, 2.05) is 0 Å². The Morgan fingerprint density at radius 2 is 2.00 bits per heavy atom. The van der Waals surface area contributed by atoms with Gasteiger partial charge in [-0.1, -0.05) is 12.8 Å². The number of esters is 1. The molecule has 0 radical (unpaired) electrons. The highest BCUT2D eigenvalue weighted by Gasteiger charge is 2.62. The minimum Gasteiger partial charge on any atom is -0.465 e. The van der Waals surface area contributed by atoms with Crippen LogP contribution in [0.1, 0.15) is 32.1 Å². The fraction of sp³-hybridized carbons (Fsp3) is 0.917. The van der Waals surface area contributed by atoms with Crippen LogP contribution in [0.5, 0.6) is 0 Å². The maximum atomic E-state index is 13.0. The summed E-state index contributed by atoms with van der Waals surface area (Å²) >= 11 is 0. The van der Waals surface area contributed by atoms with Gasteiger partial charge < -0.3 is 10.1 Å². The van der Waals surface area contributed by atoms with Crippen molar-refractivity contribution in [3.8, 4) is 0 Å². The maximum absolute atomic E-state index is 13.0. The second-order valence-corrected chi connectivity index (χ2v) is 5.26. The third kappa shape index (κ3) is 2.48. The molecule has 104 valence electrons. The van der Waals surface area contributed by atoms with E-state index in [2.05, 4.69) is 5.32 Å². The average Bonchev–Trinajstić information content (AvgIpc) is 2.96. The minimum absolute atomic E-state index is 0.136. The van der Waals surface area contributed by atoms with Gasteiger partial charge in [-0.3, -0.25) is 4.79 Å². The van der Waals surface area contributed by atoms with Gasteiger partial charge in [0.2, 0.25) is 0 Å². The van der Waals surface area contributed by atoms with Crippen LogP contribution in [0.25, 0.3) is 0 Å². The molecule has 1 aliphatic carbocycles. The average molecular weight is 265 g/mol. The highest BCUT2D eigenvalue weighted by Crippen LogP contribution is 2.44. The van der Waals surface area contributed by atoms with Gasteiger partial charge in [0.15, 0.2) is 5.41 Å². The molecule has 0 aromatic heterocycles. The molecule has 0 bridgehead atoms. The molecule has 2 aliphatic rings. The first-order valence-corrected chi connectivity index (χ1v) is 6.40. The van der Waals surface area contributed by atoms with Crippen molar-refractivity contribution >= 4 is 5.97 Å². The van der Waals surface area contributed by atoms with E-state index in [4.69, 9.17) is 4.74 Å². The Hall–Kier alpha value is -0.780. The third-order valence-corrected chi connectivity index (χ3v) is 4.01. The molecule has 1 unspecified atom stereocenters. The van der Waals surface area contributed by atoms with Crippen LogP contribution >= 0.6 is 0 Å². The number of rotatable bonds is 3. The number of halogens is 3. The normalized spacial score (nSPS) is 29.7. The SMILES string of the molecule is O=C(OCC1CCCC1)C1(C(F)(F)F)CCNC1. The van der Waals surface area contributed by atoms with E-state index in [1.165, 1.54) is 0 Å². The van der Waals surface area contributed by atoms with Crippen molar-refractivity contribution in [3.63, 3.8) is 0 Å². The van der Waals surface area contributed by atoms with Gasteiger partial charge >= 0.3 is 12.1 Å². The van der Waals surface area contributed by atoms with E-state index in [0.717, 1.165) is 25.7 Å². The molecular weight excluding hydrogens is 247 g/mol. The fourth-order valence-corrected chi connectivity index (χ4v) is 2.73. The van der Waals surface area contributed by atoms with Gasteiger partial charge in [-0.05, 0) is 31.7 Å². The molecule has 1 aliphatic heterocycles. The molecule has 0 spiro atoms. The largest absolute Gasteiger partial charge is 0.465 e. The lowest BCUT2D eigenvalue weighted by molar-refractivity contribution is -0.229. The summed E-state index contributed by atoms with van der Waals surface area (Å²) in [5.74, 6) is -0.861. The van der Waals surface area contributed by atoms with Gasteiger partial charge in [-0.25, -0.2) is 0 Å². The minimum atomic E-state index is -4.54. The summed E-state index contributed by atoms with van der Waals surface area (Å²) in [7, 11) is 0. The first kappa shape index (κ1) is 13.6. The molecule has 2 rings (SSSR count). The summed E-state index contributed by atoms with van der Waals surface area (Å²) in [4.78, 5) is 11.8. The molecule has 1 N–H and O–H groups in total. The first-order chi connectivity index (χ1) is 8.46. The van der Waals surface area contributed by atoms with Crippen LogP contribution in [0, 0.1) is 11.3 Å². The van der Waals surface area contributed by atoms with Crippen molar-refractivity contribution in [3.05, 3.63) is 0 Å². The smallest absolute Gasteiger partial charge is 0.406 e. The first-order valence-electron chi connectivity index (χ1n) is 6.40.